The number of hydrogen-bond acceptors (Lipinski definition) is 5. The van der Waals surface area contributed by atoms with Gasteiger partial charge in [-0.05, 0) is 26.7 Å². The number of rotatable bonds is 7. The molecule has 0 aliphatic carbocycles. The molecule has 0 spiro atoms. The Morgan fingerprint density at radius 1 is 1.28 bits per heavy atom. The summed E-state index contributed by atoms with van der Waals surface area (Å²) in [6.45, 7) is 8.73. The van der Waals surface area contributed by atoms with E-state index in [1.54, 1.807) is 6.07 Å². The maximum absolute atomic E-state index is 10.2. The van der Waals surface area contributed by atoms with Crippen molar-refractivity contribution in [2.75, 3.05) is 18.5 Å². The summed E-state index contributed by atoms with van der Waals surface area (Å²) in [6.07, 6.45) is 1.41. The van der Waals surface area contributed by atoms with Crippen LogP contribution in [0.4, 0.5) is 5.82 Å². The molecule has 1 aromatic heterocycles. The first kappa shape index (κ1) is 14.7. The monoisotopic (exact) mass is 253 g/mol. The smallest absolute Gasteiger partial charge is 0.218 e. The summed E-state index contributed by atoms with van der Waals surface area (Å²) in [4.78, 5) is 8.45. The Balaban J connectivity index is 2.72. The Bertz CT molecular complexity index is 378. The molecule has 0 amide bonds. The standard InChI is InChI=1S/C13H23N3O2/c1-5-13(17,6-2)9-14-11-8-12(18-7-3)16-10(4)15-11/h8,17H,5-7,9H2,1-4H3,(H,14,15,16). The Kier molecular flexibility index (Phi) is 5.34. The molecule has 1 heterocycles. The zero-order chi connectivity index (χ0) is 13.6. The molecule has 5 heteroatoms. The van der Waals surface area contributed by atoms with Gasteiger partial charge in [-0.1, -0.05) is 13.8 Å². The number of anilines is 1. The minimum Gasteiger partial charge on any atom is -0.478 e. The minimum atomic E-state index is -0.690. The highest BCUT2D eigenvalue weighted by atomic mass is 16.5. The highest BCUT2D eigenvalue weighted by Crippen LogP contribution is 2.18. The third kappa shape index (κ3) is 4.14. The molecule has 0 fully saturated rings. The van der Waals surface area contributed by atoms with Crippen LogP contribution >= 0.6 is 0 Å². The fraction of sp³-hybridized carbons (Fsp3) is 0.692. The summed E-state index contributed by atoms with van der Waals surface area (Å²) >= 11 is 0. The van der Waals surface area contributed by atoms with Crippen molar-refractivity contribution in [3.8, 4) is 5.88 Å². The Morgan fingerprint density at radius 3 is 2.50 bits per heavy atom. The zero-order valence-electron chi connectivity index (χ0n) is 11.7. The van der Waals surface area contributed by atoms with Crippen LogP contribution in [0, 0.1) is 6.92 Å². The van der Waals surface area contributed by atoms with Crippen LogP contribution in [0.25, 0.3) is 0 Å². The van der Waals surface area contributed by atoms with Gasteiger partial charge in [-0.15, -0.1) is 0 Å². The number of nitrogens with zero attached hydrogens (tertiary/aromatic N) is 2. The molecule has 1 aromatic rings. The van der Waals surface area contributed by atoms with E-state index in [-0.39, 0.29) is 0 Å². The summed E-state index contributed by atoms with van der Waals surface area (Å²) in [5.74, 6) is 1.90. The molecule has 0 aromatic carbocycles. The fourth-order valence-corrected chi connectivity index (χ4v) is 1.61. The Hall–Kier alpha value is -1.36. The maximum Gasteiger partial charge on any atom is 0.218 e. The first-order valence-corrected chi connectivity index (χ1v) is 6.47. The molecule has 0 atom stereocenters. The predicted molar refractivity (Wildman–Crippen MR) is 72.0 cm³/mol. The second kappa shape index (κ2) is 6.54. The third-order valence-corrected chi connectivity index (χ3v) is 3.02. The molecule has 0 bridgehead atoms. The van der Waals surface area contributed by atoms with Crippen molar-refractivity contribution >= 4 is 5.82 Å². The quantitative estimate of drug-likeness (QED) is 0.779. The van der Waals surface area contributed by atoms with E-state index in [1.165, 1.54) is 0 Å². The van der Waals surface area contributed by atoms with Crippen LogP contribution in [0.3, 0.4) is 0 Å². The van der Waals surface area contributed by atoms with Gasteiger partial charge < -0.3 is 15.2 Å². The van der Waals surface area contributed by atoms with Gasteiger partial charge in [0.05, 0.1) is 12.2 Å². The summed E-state index contributed by atoms with van der Waals surface area (Å²) in [5, 5.41) is 13.3. The summed E-state index contributed by atoms with van der Waals surface area (Å²) in [6, 6.07) is 1.75. The molecule has 0 radical (unpaired) electrons. The number of aliphatic hydroxyl groups is 1. The molecular weight excluding hydrogens is 230 g/mol. The third-order valence-electron chi connectivity index (χ3n) is 3.02. The lowest BCUT2D eigenvalue weighted by atomic mass is 9.98. The average molecular weight is 253 g/mol. The second-order valence-electron chi connectivity index (χ2n) is 4.36. The first-order valence-electron chi connectivity index (χ1n) is 6.47. The summed E-state index contributed by atoms with van der Waals surface area (Å²) in [7, 11) is 0. The van der Waals surface area contributed by atoms with Crippen LogP contribution in [0.1, 0.15) is 39.4 Å². The molecule has 5 nitrogen and oxygen atoms in total. The van der Waals surface area contributed by atoms with Crippen molar-refractivity contribution in [1.29, 1.82) is 0 Å². The van der Waals surface area contributed by atoms with Crippen molar-refractivity contribution < 1.29 is 9.84 Å². The van der Waals surface area contributed by atoms with Gasteiger partial charge in [0.1, 0.15) is 11.6 Å². The van der Waals surface area contributed by atoms with E-state index >= 15 is 0 Å². The predicted octanol–water partition coefficient (Wildman–Crippen LogP) is 2.15. The van der Waals surface area contributed by atoms with Gasteiger partial charge in [-0.3, -0.25) is 0 Å². The summed E-state index contributed by atoms with van der Waals surface area (Å²) in [5.41, 5.74) is -0.690. The lowest BCUT2D eigenvalue weighted by molar-refractivity contribution is 0.0456. The van der Waals surface area contributed by atoms with Crippen molar-refractivity contribution in [3.63, 3.8) is 0 Å². The molecule has 18 heavy (non-hydrogen) atoms. The van der Waals surface area contributed by atoms with Crippen molar-refractivity contribution in [1.82, 2.24) is 9.97 Å². The largest absolute Gasteiger partial charge is 0.478 e. The van der Waals surface area contributed by atoms with E-state index in [4.69, 9.17) is 4.74 Å². The number of nitrogens with one attached hydrogen (secondary N) is 1. The minimum absolute atomic E-state index is 0.474. The molecule has 0 saturated heterocycles. The van der Waals surface area contributed by atoms with E-state index in [9.17, 15) is 5.11 Å². The average Bonchev–Trinajstić information content (AvgIpc) is 2.36. The molecule has 2 N–H and O–H groups in total. The SMILES string of the molecule is CCOc1cc(NCC(O)(CC)CC)nc(C)n1. The topological polar surface area (TPSA) is 67.3 Å². The van der Waals surface area contributed by atoms with Crippen LogP contribution in [-0.2, 0) is 0 Å². The van der Waals surface area contributed by atoms with Gasteiger partial charge in [0.2, 0.25) is 5.88 Å². The Labute approximate surface area is 109 Å². The van der Waals surface area contributed by atoms with E-state index in [0.29, 0.717) is 43.5 Å². The van der Waals surface area contributed by atoms with E-state index < -0.39 is 5.60 Å². The highest BCUT2D eigenvalue weighted by Gasteiger charge is 2.21. The number of aromatic nitrogens is 2. The van der Waals surface area contributed by atoms with E-state index in [1.807, 2.05) is 27.7 Å². The zero-order valence-corrected chi connectivity index (χ0v) is 11.7. The maximum atomic E-state index is 10.2. The second-order valence-corrected chi connectivity index (χ2v) is 4.36. The van der Waals surface area contributed by atoms with Crippen LogP contribution in [-0.4, -0.2) is 33.8 Å². The van der Waals surface area contributed by atoms with Gasteiger partial charge in [0.15, 0.2) is 0 Å². The van der Waals surface area contributed by atoms with Gasteiger partial charge in [-0.25, -0.2) is 4.98 Å². The van der Waals surface area contributed by atoms with Gasteiger partial charge in [0, 0.05) is 12.6 Å². The molecule has 0 unspecified atom stereocenters. The Morgan fingerprint density at radius 2 is 1.94 bits per heavy atom. The molecule has 102 valence electrons. The molecular formula is C13H23N3O2. The van der Waals surface area contributed by atoms with Crippen LogP contribution in [0.15, 0.2) is 6.07 Å². The first-order chi connectivity index (χ1) is 8.53. The van der Waals surface area contributed by atoms with Crippen molar-refractivity contribution in [3.05, 3.63) is 11.9 Å². The molecule has 0 aliphatic heterocycles. The molecule has 0 saturated carbocycles. The van der Waals surface area contributed by atoms with E-state index in [0.717, 1.165) is 0 Å². The lowest BCUT2D eigenvalue weighted by Crippen LogP contribution is -2.35. The van der Waals surface area contributed by atoms with Crippen LogP contribution in [0.2, 0.25) is 0 Å². The summed E-state index contributed by atoms with van der Waals surface area (Å²) < 4.78 is 5.36. The fourth-order valence-electron chi connectivity index (χ4n) is 1.61. The number of hydrogen-bond donors (Lipinski definition) is 2. The van der Waals surface area contributed by atoms with Gasteiger partial charge in [-0.2, -0.15) is 4.98 Å². The van der Waals surface area contributed by atoms with E-state index in [2.05, 4.69) is 15.3 Å². The van der Waals surface area contributed by atoms with Crippen LogP contribution in [0.5, 0.6) is 5.88 Å². The van der Waals surface area contributed by atoms with Crippen molar-refractivity contribution in [2.24, 2.45) is 0 Å². The van der Waals surface area contributed by atoms with Gasteiger partial charge in [0.25, 0.3) is 0 Å². The normalized spacial score (nSPS) is 11.4. The number of ether oxygens (including phenoxy) is 1. The number of aryl methyl sites for hydroxylation is 1. The van der Waals surface area contributed by atoms with Crippen molar-refractivity contribution in [2.45, 2.75) is 46.1 Å². The highest BCUT2D eigenvalue weighted by molar-refractivity contribution is 5.38. The van der Waals surface area contributed by atoms with Crippen LogP contribution < -0.4 is 10.1 Å². The van der Waals surface area contributed by atoms with Gasteiger partial charge >= 0.3 is 0 Å². The lowest BCUT2D eigenvalue weighted by Gasteiger charge is -2.25. The molecule has 0 aliphatic rings. The molecule has 1 rings (SSSR count).